The molecule has 3 aromatic rings. The van der Waals surface area contributed by atoms with Crippen molar-refractivity contribution in [2.24, 2.45) is 5.10 Å². The van der Waals surface area contributed by atoms with E-state index in [0.29, 0.717) is 5.56 Å². The summed E-state index contributed by atoms with van der Waals surface area (Å²) in [6.45, 7) is 2.06. The van der Waals surface area contributed by atoms with E-state index in [4.69, 9.17) is 0 Å². The second kappa shape index (κ2) is 7.72. The second-order valence-electron chi connectivity index (χ2n) is 5.39. The van der Waals surface area contributed by atoms with Crippen molar-refractivity contribution in [3.05, 3.63) is 70.6 Å². The molecule has 5 nitrogen and oxygen atoms in total. The van der Waals surface area contributed by atoms with E-state index in [1.807, 2.05) is 5.38 Å². The van der Waals surface area contributed by atoms with Crippen LogP contribution in [0.1, 0.15) is 21.5 Å². The molecule has 0 saturated heterocycles. The van der Waals surface area contributed by atoms with Crippen LogP contribution in [-0.4, -0.2) is 24.3 Å². The van der Waals surface area contributed by atoms with E-state index in [1.54, 1.807) is 30.5 Å². The smallest absolute Gasteiger partial charge is 0.337 e. The molecule has 25 heavy (non-hydrogen) atoms. The number of benzene rings is 2. The summed E-state index contributed by atoms with van der Waals surface area (Å²) < 4.78 is 4.67. The number of hydrogen-bond donors (Lipinski definition) is 1. The zero-order valence-electron chi connectivity index (χ0n) is 13.9. The van der Waals surface area contributed by atoms with Crippen molar-refractivity contribution in [1.29, 1.82) is 0 Å². The standard InChI is InChI=1S/C19H17N3O2S/c1-13-3-7-15(8-4-13)17-12-25-19(21-17)22-20-11-14-5-9-16(10-6-14)18(23)24-2/h3-12H,1-2H3,(H,21,22)/b20-11-. The number of nitrogens with one attached hydrogen (secondary N) is 1. The van der Waals surface area contributed by atoms with E-state index in [2.05, 4.69) is 51.4 Å². The Kier molecular flexibility index (Phi) is 5.20. The highest BCUT2D eigenvalue weighted by molar-refractivity contribution is 7.14. The largest absolute Gasteiger partial charge is 0.465 e. The molecule has 0 unspecified atom stereocenters. The van der Waals surface area contributed by atoms with Gasteiger partial charge >= 0.3 is 5.97 Å². The van der Waals surface area contributed by atoms with Gasteiger partial charge in [-0.05, 0) is 24.6 Å². The number of anilines is 1. The molecule has 1 aromatic heterocycles. The number of hydrogen-bond acceptors (Lipinski definition) is 6. The maximum atomic E-state index is 11.4. The van der Waals surface area contributed by atoms with Gasteiger partial charge in [0.2, 0.25) is 5.13 Å². The molecule has 0 spiro atoms. The summed E-state index contributed by atoms with van der Waals surface area (Å²) in [5.41, 5.74) is 7.53. The summed E-state index contributed by atoms with van der Waals surface area (Å²) in [5.74, 6) is -0.354. The minimum Gasteiger partial charge on any atom is -0.465 e. The summed E-state index contributed by atoms with van der Waals surface area (Å²) in [4.78, 5) is 15.9. The number of rotatable bonds is 5. The van der Waals surface area contributed by atoms with E-state index in [1.165, 1.54) is 24.0 Å². The third-order valence-corrected chi connectivity index (χ3v) is 4.30. The molecule has 0 aliphatic heterocycles. The number of esters is 1. The van der Waals surface area contributed by atoms with Gasteiger partial charge in [0.15, 0.2) is 0 Å². The Bertz CT molecular complexity index is 884. The Morgan fingerprint density at radius 3 is 2.56 bits per heavy atom. The lowest BCUT2D eigenvalue weighted by atomic mass is 10.1. The molecule has 1 heterocycles. The molecule has 0 atom stereocenters. The Morgan fingerprint density at radius 1 is 1.16 bits per heavy atom. The van der Waals surface area contributed by atoms with E-state index < -0.39 is 0 Å². The maximum Gasteiger partial charge on any atom is 0.337 e. The average molecular weight is 351 g/mol. The van der Waals surface area contributed by atoms with E-state index in [-0.39, 0.29) is 5.97 Å². The van der Waals surface area contributed by atoms with Gasteiger partial charge in [-0.15, -0.1) is 11.3 Å². The number of aromatic nitrogens is 1. The fraction of sp³-hybridized carbons (Fsp3) is 0.105. The Labute approximate surface area is 150 Å². The fourth-order valence-electron chi connectivity index (χ4n) is 2.17. The summed E-state index contributed by atoms with van der Waals surface area (Å²) in [7, 11) is 1.36. The Morgan fingerprint density at radius 2 is 1.88 bits per heavy atom. The van der Waals surface area contributed by atoms with Crippen LogP contribution in [0.5, 0.6) is 0 Å². The maximum absolute atomic E-state index is 11.4. The van der Waals surface area contributed by atoms with E-state index in [9.17, 15) is 4.79 Å². The molecule has 6 heteroatoms. The van der Waals surface area contributed by atoms with Crippen LogP contribution in [0.3, 0.4) is 0 Å². The first-order valence-corrected chi connectivity index (χ1v) is 8.54. The molecule has 1 N–H and O–H groups in total. The van der Waals surface area contributed by atoms with Crippen molar-refractivity contribution in [2.45, 2.75) is 6.92 Å². The molecule has 0 bridgehead atoms. The van der Waals surface area contributed by atoms with Gasteiger partial charge in [-0.2, -0.15) is 5.10 Å². The number of carbonyl (C=O) groups excluding carboxylic acids is 1. The van der Waals surface area contributed by atoms with Crippen molar-refractivity contribution in [3.8, 4) is 11.3 Å². The third-order valence-electron chi connectivity index (χ3n) is 3.56. The molecule has 0 aliphatic rings. The number of aryl methyl sites for hydroxylation is 1. The number of methoxy groups -OCH3 is 1. The monoisotopic (exact) mass is 351 g/mol. The molecule has 3 rings (SSSR count). The van der Waals surface area contributed by atoms with Crippen LogP contribution < -0.4 is 5.43 Å². The molecule has 0 saturated carbocycles. The molecular formula is C19H17N3O2S. The quantitative estimate of drug-likeness (QED) is 0.422. The molecule has 0 fully saturated rings. The van der Waals surface area contributed by atoms with Gasteiger partial charge in [0.25, 0.3) is 0 Å². The highest BCUT2D eigenvalue weighted by Crippen LogP contribution is 2.25. The van der Waals surface area contributed by atoms with Gasteiger partial charge in [0.1, 0.15) is 0 Å². The predicted molar refractivity (Wildman–Crippen MR) is 101 cm³/mol. The number of nitrogens with zero attached hydrogens (tertiary/aromatic N) is 2. The molecule has 2 aromatic carbocycles. The van der Waals surface area contributed by atoms with Crippen LogP contribution in [0.2, 0.25) is 0 Å². The lowest BCUT2D eigenvalue weighted by Gasteiger charge is -1.99. The highest BCUT2D eigenvalue weighted by Gasteiger charge is 2.04. The van der Waals surface area contributed by atoms with Crippen molar-refractivity contribution in [1.82, 2.24) is 4.98 Å². The van der Waals surface area contributed by atoms with Crippen LogP contribution >= 0.6 is 11.3 Å². The predicted octanol–water partition coefficient (Wildman–Crippen LogP) is 4.35. The van der Waals surface area contributed by atoms with Gasteiger partial charge in [-0.3, -0.25) is 5.43 Å². The van der Waals surface area contributed by atoms with Gasteiger partial charge < -0.3 is 4.74 Å². The van der Waals surface area contributed by atoms with Gasteiger partial charge in [-0.25, -0.2) is 9.78 Å². The van der Waals surface area contributed by atoms with Crippen molar-refractivity contribution in [2.75, 3.05) is 12.5 Å². The second-order valence-corrected chi connectivity index (χ2v) is 6.25. The van der Waals surface area contributed by atoms with Crippen LogP contribution in [0, 0.1) is 6.92 Å². The van der Waals surface area contributed by atoms with E-state index >= 15 is 0 Å². The average Bonchev–Trinajstić information content (AvgIpc) is 3.11. The fourth-order valence-corrected chi connectivity index (χ4v) is 2.84. The summed E-state index contributed by atoms with van der Waals surface area (Å²) in [5, 5.41) is 6.90. The van der Waals surface area contributed by atoms with Crippen LogP contribution in [0.25, 0.3) is 11.3 Å². The normalized spacial score (nSPS) is 10.8. The van der Waals surface area contributed by atoms with Crippen molar-refractivity contribution in [3.63, 3.8) is 0 Å². The molecular weight excluding hydrogens is 334 g/mol. The Hall–Kier alpha value is -2.99. The first-order valence-electron chi connectivity index (χ1n) is 7.66. The van der Waals surface area contributed by atoms with Crippen LogP contribution in [0.4, 0.5) is 5.13 Å². The van der Waals surface area contributed by atoms with Gasteiger partial charge in [0.05, 0.1) is 24.6 Å². The lowest BCUT2D eigenvalue weighted by molar-refractivity contribution is 0.0600. The lowest BCUT2D eigenvalue weighted by Crippen LogP contribution is -2.00. The minimum atomic E-state index is -0.354. The number of ether oxygens (including phenoxy) is 1. The first-order chi connectivity index (χ1) is 12.2. The zero-order chi connectivity index (χ0) is 17.6. The number of thiazole rings is 1. The van der Waals surface area contributed by atoms with Gasteiger partial charge in [0, 0.05) is 10.9 Å². The van der Waals surface area contributed by atoms with Crippen molar-refractivity contribution < 1.29 is 9.53 Å². The van der Waals surface area contributed by atoms with Crippen molar-refractivity contribution >= 4 is 28.7 Å². The number of hydrazone groups is 1. The minimum absolute atomic E-state index is 0.354. The Balaban J connectivity index is 1.63. The summed E-state index contributed by atoms with van der Waals surface area (Å²) >= 11 is 1.50. The number of carbonyl (C=O) groups is 1. The van der Waals surface area contributed by atoms with Crippen LogP contribution in [-0.2, 0) is 4.74 Å². The molecule has 0 aliphatic carbocycles. The highest BCUT2D eigenvalue weighted by atomic mass is 32.1. The van der Waals surface area contributed by atoms with Gasteiger partial charge in [-0.1, -0.05) is 42.0 Å². The molecule has 0 amide bonds. The SMILES string of the molecule is COC(=O)c1ccc(/C=N\Nc2nc(-c3ccc(C)cc3)cs2)cc1. The van der Waals surface area contributed by atoms with E-state index in [0.717, 1.165) is 22.0 Å². The zero-order valence-corrected chi connectivity index (χ0v) is 14.7. The molecule has 0 radical (unpaired) electrons. The van der Waals surface area contributed by atoms with Crippen LogP contribution in [0.15, 0.2) is 59.0 Å². The topological polar surface area (TPSA) is 63.6 Å². The third kappa shape index (κ3) is 4.30. The first kappa shape index (κ1) is 16.9. The summed E-state index contributed by atoms with van der Waals surface area (Å²) in [6, 6.07) is 15.3. The summed E-state index contributed by atoms with van der Waals surface area (Å²) in [6.07, 6.45) is 1.67. The molecule has 126 valence electrons.